The molecule has 0 aromatic carbocycles. The van der Waals surface area contributed by atoms with Crippen LogP contribution in [0.1, 0.15) is 32.9 Å². The van der Waals surface area contributed by atoms with Crippen molar-refractivity contribution in [1.29, 1.82) is 0 Å². The maximum Gasteiger partial charge on any atom is 0.315 e. The number of carboxylic acid groups (broad SMARTS) is 1. The number of aliphatic carboxylic acids is 1. The molecule has 1 unspecified atom stereocenters. The molecule has 0 bridgehead atoms. The van der Waals surface area contributed by atoms with Crippen molar-refractivity contribution in [2.45, 2.75) is 32.6 Å². The maximum absolute atomic E-state index is 11.4. The van der Waals surface area contributed by atoms with Gasteiger partial charge in [-0.15, -0.1) is 0 Å². The zero-order valence-electron chi connectivity index (χ0n) is 9.69. The summed E-state index contributed by atoms with van der Waals surface area (Å²) in [5.74, 6) is -0.458. The molecule has 0 spiro atoms. The van der Waals surface area contributed by atoms with Crippen LogP contribution >= 0.6 is 0 Å². The van der Waals surface area contributed by atoms with Gasteiger partial charge >= 0.3 is 5.97 Å². The largest absolute Gasteiger partial charge is 0.481 e. The lowest BCUT2D eigenvalue weighted by Gasteiger charge is -2.26. The molecule has 0 aliphatic rings. The maximum atomic E-state index is 11.4. The van der Waals surface area contributed by atoms with Gasteiger partial charge in [0.1, 0.15) is 5.41 Å². The van der Waals surface area contributed by atoms with Crippen LogP contribution in [0.5, 0.6) is 0 Å². The van der Waals surface area contributed by atoms with Crippen LogP contribution in [0.15, 0.2) is 12.3 Å². The molecule has 1 N–H and O–H groups in total. The molecule has 0 aliphatic heterocycles. The van der Waals surface area contributed by atoms with Gasteiger partial charge in [0.2, 0.25) is 0 Å². The molecule has 1 aromatic rings. The van der Waals surface area contributed by atoms with E-state index in [1.165, 1.54) is 0 Å². The number of hydrogen-bond acceptors (Lipinski definition) is 2. The van der Waals surface area contributed by atoms with Gasteiger partial charge in [0.25, 0.3) is 0 Å². The zero-order chi connectivity index (χ0) is 11.6. The molecule has 4 nitrogen and oxygen atoms in total. The third kappa shape index (κ3) is 2.19. The Kier molecular flexibility index (Phi) is 3.17. The molecule has 0 amide bonds. The molecule has 1 aromatic heterocycles. The summed E-state index contributed by atoms with van der Waals surface area (Å²) in [7, 11) is 1.77. The number of carboxylic acids is 1. The summed E-state index contributed by atoms with van der Waals surface area (Å²) in [6, 6.07) is 1.77. The summed E-state index contributed by atoms with van der Waals surface area (Å²) in [5.41, 5.74) is -0.0944. The first-order chi connectivity index (χ1) is 6.88. The highest BCUT2D eigenvalue weighted by atomic mass is 16.4. The summed E-state index contributed by atoms with van der Waals surface area (Å²) in [6.45, 7) is 5.81. The summed E-state index contributed by atoms with van der Waals surface area (Å²) in [6.07, 6.45) is 2.25. The van der Waals surface area contributed by atoms with E-state index in [2.05, 4.69) is 5.10 Å². The lowest BCUT2D eigenvalue weighted by Crippen LogP contribution is -2.36. The van der Waals surface area contributed by atoms with Crippen molar-refractivity contribution in [2.24, 2.45) is 13.0 Å². The molecule has 0 saturated heterocycles. The van der Waals surface area contributed by atoms with Crippen LogP contribution in [0.4, 0.5) is 0 Å². The second-order valence-electron chi connectivity index (χ2n) is 4.58. The predicted molar refractivity (Wildman–Crippen MR) is 57.7 cm³/mol. The minimum atomic E-state index is -0.848. The van der Waals surface area contributed by atoms with Crippen LogP contribution in [0, 0.1) is 5.92 Å². The van der Waals surface area contributed by atoms with Crippen LogP contribution in [-0.2, 0) is 17.3 Å². The van der Waals surface area contributed by atoms with E-state index in [4.69, 9.17) is 0 Å². The van der Waals surface area contributed by atoms with Crippen LogP contribution in [0.3, 0.4) is 0 Å². The number of hydrogen-bond donors (Lipinski definition) is 1. The van der Waals surface area contributed by atoms with Crippen molar-refractivity contribution >= 4 is 5.97 Å². The Morgan fingerprint density at radius 2 is 2.27 bits per heavy atom. The summed E-state index contributed by atoms with van der Waals surface area (Å²) >= 11 is 0. The molecule has 1 rings (SSSR count). The second kappa shape index (κ2) is 4.04. The van der Waals surface area contributed by atoms with Gasteiger partial charge in [-0.2, -0.15) is 5.10 Å². The van der Waals surface area contributed by atoms with Gasteiger partial charge in [0.15, 0.2) is 0 Å². The van der Waals surface area contributed by atoms with Crippen LogP contribution in [-0.4, -0.2) is 20.9 Å². The van der Waals surface area contributed by atoms with Crippen LogP contribution in [0.2, 0.25) is 0 Å². The molecule has 0 aliphatic carbocycles. The molecule has 15 heavy (non-hydrogen) atoms. The van der Waals surface area contributed by atoms with E-state index in [0.29, 0.717) is 12.3 Å². The van der Waals surface area contributed by atoms with Gasteiger partial charge < -0.3 is 5.11 Å². The van der Waals surface area contributed by atoms with Gasteiger partial charge in [0, 0.05) is 13.2 Å². The second-order valence-corrected chi connectivity index (χ2v) is 4.58. The number of rotatable bonds is 4. The third-order valence-corrected chi connectivity index (χ3v) is 2.67. The molecular weight excluding hydrogens is 192 g/mol. The normalized spacial score (nSPS) is 15.3. The standard InChI is InChI=1S/C11H18N2O2/c1-8(2)7-11(3,10(14)15)9-5-6-12-13(9)4/h5-6,8H,7H2,1-4H3,(H,14,15). The van der Waals surface area contributed by atoms with E-state index in [1.54, 1.807) is 30.9 Å². The van der Waals surface area contributed by atoms with Crippen molar-refractivity contribution in [2.75, 3.05) is 0 Å². The molecular formula is C11H18N2O2. The number of aromatic nitrogens is 2. The lowest BCUT2D eigenvalue weighted by atomic mass is 9.79. The lowest BCUT2D eigenvalue weighted by molar-refractivity contribution is -0.144. The topological polar surface area (TPSA) is 55.1 Å². The Hall–Kier alpha value is -1.32. The smallest absolute Gasteiger partial charge is 0.315 e. The average Bonchev–Trinajstić information content (AvgIpc) is 2.49. The van der Waals surface area contributed by atoms with Crippen molar-refractivity contribution in [3.63, 3.8) is 0 Å². The minimum absolute atomic E-state index is 0.334. The van der Waals surface area contributed by atoms with E-state index in [0.717, 1.165) is 5.69 Å². The first kappa shape index (κ1) is 11.8. The number of aryl methyl sites for hydroxylation is 1. The van der Waals surface area contributed by atoms with E-state index in [1.807, 2.05) is 13.8 Å². The van der Waals surface area contributed by atoms with Gasteiger partial charge in [-0.3, -0.25) is 9.48 Å². The SMILES string of the molecule is CC(C)CC(C)(C(=O)O)c1ccnn1C. The van der Waals surface area contributed by atoms with E-state index >= 15 is 0 Å². The first-order valence-corrected chi connectivity index (χ1v) is 5.10. The molecule has 0 fully saturated rings. The first-order valence-electron chi connectivity index (χ1n) is 5.10. The Balaban J connectivity index is 3.12. The van der Waals surface area contributed by atoms with Gasteiger partial charge in [-0.1, -0.05) is 13.8 Å². The fourth-order valence-electron chi connectivity index (χ4n) is 2.03. The van der Waals surface area contributed by atoms with Crippen molar-refractivity contribution < 1.29 is 9.90 Å². The van der Waals surface area contributed by atoms with E-state index < -0.39 is 11.4 Å². The molecule has 84 valence electrons. The monoisotopic (exact) mass is 210 g/mol. The fraction of sp³-hybridized carbons (Fsp3) is 0.636. The fourth-order valence-corrected chi connectivity index (χ4v) is 2.03. The summed E-state index contributed by atoms with van der Waals surface area (Å²) in [4.78, 5) is 11.4. The van der Waals surface area contributed by atoms with E-state index in [-0.39, 0.29) is 0 Å². The quantitative estimate of drug-likeness (QED) is 0.824. The Morgan fingerprint density at radius 3 is 2.60 bits per heavy atom. The summed E-state index contributed by atoms with van der Waals surface area (Å²) < 4.78 is 1.64. The number of nitrogens with zero attached hydrogens (tertiary/aromatic N) is 2. The molecule has 0 radical (unpaired) electrons. The summed E-state index contributed by atoms with van der Waals surface area (Å²) in [5, 5.41) is 13.4. The highest BCUT2D eigenvalue weighted by Crippen LogP contribution is 2.30. The van der Waals surface area contributed by atoms with E-state index in [9.17, 15) is 9.90 Å². The zero-order valence-corrected chi connectivity index (χ0v) is 9.69. The predicted octanol–water partition coefficient (Wildman–Crippen LogP) is 1.81. The van der Waals surface area contributed by atoms with Crippen molar-refractivity contribution in [3.05, 3.63) is 18.0 Å². The molecule has 0 saturated carbocycles. The van der Waals surface area contributed by atoms with Gasteiger partial charge in [0.05, 0.1) is 5.69 Å². The van der Waals surface area contributed by atoms with Crippen molar-refractivity contribution in [3.8, 4) is 0 Å². The molecule has 1 heterocycles. The molecule has 4 heteroatoms. The average molecular weight is 210 g/mol. The Labute approximate surface area is 89.9 Å². The van der Waals surface area contributed by atoms with Crippen LogP contribution < -0.4 is 0 Å². The third-order valence-electron chi connectivity index (χ3n) is 2.67. The van der Waals surface area contributed by atoms with Gasteiger partial charge in [-0.25, -0.2) is 0 Å². The highest BCUT2D eigenvalue weighted by molar-refractivity contribution is 5.80. The minimum Gasteiger partial charge on any atom is -0.481 e. The van der Waals surface area contributed by atoms with Crippen molar-refractivity contribution in [1.82, 2.24) is 9.78 Å². The molecule has 1 atom stereocenters. The Bertz CT molecular complexity index is 357. The Morgan fingerprint density at radius 1 is 1.67 bits per heavy atom. The van der Waals surface area contributed by atoms with Crippen LogP contribution in [0.25, 0.3) is 0 Å². The number of carbonyl (C=O) groups is 1. The van der Waals surface area contributed by atoms with Gasteiger partial charge in [-0.05, 0) is 25.3 Å². The highest BCUT2D eigenvalue weighted by Gasteiger charge is 2.38.